The van der Waals surface area contributed by atoms with Crippen molar-refractivity contribution in [3.05, 3.63) is 0 Å². The fourth-order valence-corrected chi connectivity index (χ4v) is 3.46. The maximum absolute atomic E-state index is 6.04. The second-order valence-corrected chi connectivity index (χ2v) is 5.70. The van der Waals surface area contributed by atoms with Gasteiger partial charge in [0.2, 0.25) is 0 Å². The van der Waals surface area contributed by atoms with Gasteiger partial charge in [-0.2, -0.15) is 0 Å². The molecule has 0 aromatic rings. The van der Waals surface area contributed by atoms with Crippen molar-refractivity contribution in [2.45, 2.75) is 57.9 Å². The third-order valence-electron chi connectivity index (χ3n) is 4.52. The van der Waals surface area contributed by atoms with Crippen molar-refractivity contribution >= 4 is 0 Å². The van der Waals surface area contributed by atoms with Gasteiger partial charge in [-0.1, -0.05) is 19.8 Å². The van der Waals surface area contributed by atoms with E-state index in [0.717, 1.165) is 6.54 Å². The molecule has 1 atom stereocenters. The van der Waals surface area contributed by atoms with Gasteiger partial charge in [-0.25, -0.2) is 0 Å². The van der Waals surface area contributed by atoms with Crippen LogP contribution in [0, 0.1) is 5.41 Å². The van der Waals surface area contributed by atoms with E-state index in [4.69, 9.17) is 5.73 Å². The maximum atomic E-state index is 6.04. The van der Waals surface area contributed by atoms with Crippen LogP contribution >= 0.6 is 0 Å². The SMILES string of the molecule is CCC1(CN2CCCC(N)C2)CCCC1. The maximum Gasteiger partial charge on any atom is 0.0168 e. The number of hydrogen-bond donors (Lipinski definition) is 1. The summed E-state index contributed by atoms with van der Waals surface area (Å²) >= 11 is 0. The summed E-state index contributed by atoms with van der Waals surface area (Å²) in [6.07, 6.45) is 9.71. The first kappa shape index (κ1) is 11.4. The summed E-state index contributed by atoms with van der Waals surface area (Å²) < 4.78 is 0. The lowest BCUT2D eigenvalue weighted by Gasteiger charge is -2.38. The van der Waals surface area contributed by atoms with Gasteiger partial charge in [0, 0.05) is 19.1 Å². The Bertz CT molecular complexity index is 197. The smallest absolute Gasteiger partial charge is 0.0168 e. The minimum Gasteiger partial charge on any atom is -0.327 e. The predicted octanol–water partition coefficient (Wildman–Crippen LogP) is 2.38. The van der Waals surface area contributed by atoms with E-state index < -0.39 is 0 Å². The summed E-state index contributed by atoms with van der Waals surface area (Å²) in [5.41, 5.74) is 6.69. The quantitative estimate of drug-likeness (QED) is 0.775. The second kappa shape index (κ2) is 4.84. The lowest BCUT2D eigenvalue weighted by molar-refractivity contribution is 0.119. The fourth-order valence-electron chi connectivity index (χ4n) is 3.46. The second-order valence-electron chi connectivity index (χ2n) is 5.70. The molecule has 2 heteroatoms. The normalized spacial score (nSPS) is 32.0. The Hall–Kier alpha value is -0.0800. The van der Waals surface area contributed by atoms with Crippen molar-refractivity contribution in [2.75, 3.05) is 19.6 Å². The van der Waals surface area contributed by atoms with Crippen LogP contribution in [-0.2, 0) is 0 Å². The van der Waals surface area contributed by atoms with Crippen LogP contribution in [0.2, 0.25) is 0 Å². The fraction of sp³-hybridized carbons (Fsp3) is 1.00. The molecular formula is C13H26N2. The molecule has 2 nitrogen and oxygen atoms in total. The Labute approximate surface area is 94.2 Å². The molecule has 0 aromatic carbocycles. The summed E-state index contributed by atoms with van der Waals surface area (Å²) in [4.78, 5) is 2.63. The van der Waals surface area contributed by atoms with Crippen molar-refractivity contribution in [1.82, 2.24) is 4.90 Å². The van der Waals surface area contributed by atoms with Gasteiger partial charge >= 0.3 is 0 Å². The Balaban J connectivity index is 1.88. The molecule has 1 aliphatic heterocycles. The number of nitrogens with zero attached hydrogens (tertiary/aromatic N) is 1. The van der Waals surface area contributed by atoms with Crippen molar-refractivity contribution in [1.29, 1.82) is 0 Å². The zero-order valence-corrected chi connectivity index (χ0v) is 10.2. The molecular weight excluding hydrogens is 184 g/mol. The van der Waals surface area contributed by atoms with Crippen LogP contribution in [0.25, 0.3) is 0 Å². The van der Waals surface area contributed by atoms with E-state index in [2.05, 4.69) is 11.8 Å². The summed E-state index contributed by atoms with van der Waals surface area (Å²) in [5.74, 6) is 0. The van der Waals surface area contributed by atoms with Crippen LogP contribution in [-0.4, -0.2) is 30.6 Å². The highest BCUT2D eigenvalue weighted by Gasteiger charge is 2.34. The van der Waals surface area contributed by atoms with Gasteiger partial charge in [0.25, 0.3) is 0 Å². The Kier molecular flexibility index (Phi) is 3.68. The van der Waals surface area contributed by atoms with Crippen molar-refractivity contribution in [3.63, 3.8) is 0 Å². The molecule has 0 amide bonds. The topological polar surface area (TPSA) is 29.3 Å². The Morgan fingerprint density at radius 1 is 1.27 bits per heavy atom. The molecule has 1 saturated heterocycles. The number of nitrogens with two attached hydrogens (primary N) is 1. The van der Waals surface area contributed by atoms with Gasteiger partial charge in [0.15, 0.2) is 0 Å². The molecule has 1 aliphatic carbocycles. The number of likely N-dealkylation sites (tertiary alicyclic amines) is 1. The number of piperidine rings is 1. The predicted molar refractivity (Wildman–Crippen MR) is 64.8 cm³/mol. The molecule has 2 rings (SSSR count). The first-order valence-corrected chi connectivity index (χ1v) is 6.72. The van der Waals surface area contributed by atoms with E-state index in [1.807, 2.05) is 0 Å². The molecule has 0 bridgehead atoms. The summed E-state index contributed by atoms with van der Waals surface area (Å²) in [7, 11) is 0. The third-order valence-corrected chi connectivity index (χ3v) is 4.52. The van der Waals surface area contributed by atoms with Crippen LogP contribution < -0.4 is 5.73 Å². The van der Waals surface area contributed by atoms with Crippen LogP contribution in [0.15, 0.2) is 0 Å². The van der Waals surface area contributed by atoms with Gasteiger partial charge < -0.3 is 10.6 Å². The van der Waals surface area contributed by atoms with E-state index in [-0.39, 0.29) is 0 Å². The number of hydrogen-bond acceptors (Lipinski definition) is 2. The Morgan fingerprint density at radius 2 is 2.00 bits per heavy atom. The lowest BCUT2D eigenvalue weighted by Crippen LogP contribution is -2.46. The minimum absolute atomic E-state index is 0.439. The molecule has 2 N–H and O–H groups in total. The summed E-state index contributed by atoms with van der Waals surface area (Å²) in [6, 6.07) is 0.439. The molecule has 0 spiro atoms. The molecule has 2 aliphatic rings. The molecule has 88 valence electrons. The monoisotopic (exact) mass is 210 g/mol. The third kappa shape index (κ3) is 2.73. The van der Waals surface area contributed by atoms with Gasteiger partial charge in [0.1, 0.15) is 0 Å². The highest BCUT2D eigenvalue weighted by molar-refractivity contribution is 4.88. The average molecular weight is 210 g/mol. The molecule has 1 unspecified atom stereocenters. The van der Waals surface area contributed by atoms with Crippen molar-refractivity contribution in [3.8, 4) is 0 Å². The average Bonchev–Trinajstić information content (AvgIpc) is 2.67. The zero-order valence-electron chi connectivity index (χ0n) is 10.2. The van der Waals surface area contributed by atoms with Crippen LogP contribution in [0.3, 0.4) is 0 Å². The molecule has 0 aromatic heterocycles. The molecule has 0 radical (unpaired) electrons. The zero-order chi connectivity index (χ0) is 10.7. The highest BCUT2D eigenvalue weighted by atomic mass is 15.2. The molecule has 1 saturated carbocycles. The van der Waals surface area contributed by atoms with E-state index in [9.17, 15) is 0 Å². The summed E-state index contributed by atoms with van der Waals surface area (Å²) in [6.45, 7) is 6.11. The van der Waals surface area contributed by atoms with E-state index in [0.29, 0.717) is 11.5 Å². The highest BCUT2D eigenvalue weighted by Crippen LogP contribution is 2.41. The van der Waals surface area contributed by atoms with E-state index >= 15 is 0 Å². The van der Waals surface area contributed by atoms with Crippen molar-refractivity contribution < 1.29 is 0 Å². The van der Waals surface area contributed by atoms with Crippen molar-refractivity contribution in [2.24, 2.45) is 11.1 Å². The molecule has 1 heterocycles. The summed E-state index contributed by atoms with van der Waals surface area (Å²) in [5, 5.41) is 0. The first-order valence-electron chi connectivity index (χ1n) is 6.72. The molecule has 15 heavy (non-hydrogen) atoms. The van der Waals surface area contributed by atoms with E-state index in [1.165, 1.54) is 58.0 Å². The Morgan fingerprint density at radius 3 is 2.60 bits per heavy atom. The lowest BCUT2D eigenvalue weighted by atomic mass is 9.82. The standard InChI is InChI=1S/C13H26N2/c1-2-13(7-3-4-8-13)11-15-9-5-6-12(14)10-15/h12H,2-11,14H2,1H3. The first-order chi connectivity index (χ1) is 7.24. The van der Waals surface area contributed by atoms with Gasteiger partial charge in [-0.3, -0.25) is 0 Å². The minimum atomic E-state index is 0.439. The number of rotatable bonds is 3. The van der Waals surface area contributed by atoms with Crippen LogP contribution in [0.4, 0.5) is 0 Å². The van der Waals surface area contributed by atoms with Gasteiger partial charge in [-0.05, 0) is 44.1 Å². The van der Waals surface area contributed by atoms with Crippen LogP contribution in [0.5, 0.6) is 0 Å². The van der Waals surface area contributed by atoms with E-state index in [1.54, 1.807) is 0 Å². The van der Waals surface area contributed by atoms with Crippen LogP contribution in [0.1, 0.15) is 51.9 Å². The molecule has 2 fully saturated rings. The largest absolute Gasteiger partial charge is 0.327 e. The van der Waals surface area contributed by atoms with Gasteiger partial charge in [0.05, 0.1) is 0 Å². The van der Waals surface area contributed by atoms with Gasteiger partial charge in [-0.15, -0.1) is 0 Å².